The SMILES string of the molecule is COc1cccc2c(N3CCCC3CCCN)nccc12. The molecule has 3 rings (SSSR count). The second kappa shape index (κ2) is 6.31. The zero-order valence-corrected chi connectivity index (χ0v) is 12.6. The highest BCUT2D eigenvalue weighted by atomic mass is 16.5. The van der Waals surface area contributed by atoms with Gasteiger partial charge < -0.3 is 15.4 Å². The molecule has 0 spiro atoms. The summed E-state index contributed by atoms with van der Waals surface area (Å²) in [7, 11) is 1.72. The minimum absolute atomic E-state index is 0.567. The van der Waals surface area contributed by atoms with E-state index in [0.717, 1.165) is 42.9 Å². The van der Waals surface area contributed by atoms with Gasteiger partial charge in [-0.05, 0) is 44.4 Å². The van der Waals surface area contributed by atoms with Gasteiger partial charge in [0.05, 0.1) is 7.11 Å². The molecule has 1 atom stereocenters. The zero-order valence-electron chi connectivity index (χ0n) is 12.6. The molecule has 1 saturated heterocycles. The second-order valence-electron chi connectivity index (χ2n) is 5.61. The molecule has 112 valence electrons. The maximum Gasteiger partial charge on any atom is 0.136 e. The highest BCUT2D eigenvalue weighted by molar-refractivity contribution is 5.96. The Morgan fingerprint density at radius 1 is 1.33 bits per heavy atom. The number of methoxy groups -OCH3 is 1. The van der Waals surface area contributed by atoms with Crippen molar-refractivity contribution in [1.82, 2.24) is 4.98 Å². The Morgan fingerprint density at radius 2 is 2.24 bits per heavy atom. The highest BCUT2D eigenvalue weighted by Gasteiger charge is 2.26. The summed E-state index contributed by atoms with van der Waals surface area (Å²) < 4.78 is 5.47. The van der Waals surface area contributed by atoms with Crippen molar-refractivity contribution in [1.29, 1.82) is 0 Å². The van der Waals surface area contributed by atoms with Crippen LogP contribution in [0.3, 0.4) is 0 Å². The van der Waals surface area contributed by atoms with E-state index in [-0.39, 0.29) is 0 Å². The van der Waals surface area contributed by atoms with Crippen molar-refractivity contribution >= 4 is 16.6 Å². The summed E-state index contributed by atoms with van der Waals surface area (Å²) in [6, 6.07) is 8.78. The van der Waals surface area contributed by atoms with Crippen molar-refractivity contribution in [2.24, 2.45) is 5.73 Å². The van der Waals surface area contributed by atoms with Gasteiger partial charge in [0.2, 0.25) is 0 Å². The number of nitrogens with zero attached hydrogens (tertiary/aromatic N) is 2. The van der Waals surface area contributed by atoms with Gasteiger partial charge in [0, 0.05) is 29.6 Å². The third-order valence-electron chi connectivity index (χ3n) is 4.36. The van der Waals surface area contributed by atoms with E-state index in [1.54, 1.807) is 7.11 Å². The molecule has 0 saturated carbocycles. The van der Waals surface area contributed by atoms with Crippen molar-refractivity contribution < 1.29 is 4.74 Å². The number of anilines is 1. The molecule has 0 bridgehead atoms. The summed E-state index contributed by atoms with van der Waals surface area (Å²) >= 11 is 0. The quantitative estimate of drug-likeness (QED) is 0.917. The van der Waals surface area contributed by atoms with Crippen LogP contribution in [0.5, 0.6) is 5.75 Å². The Bertz CT molecular complexity index is 614. The van der Waals surface area contributed by atoms with Crippen LogP contribution < -0.4 is 15.4 Å². The molecular weight excluding hydrogens is 262 g/mol. The minimum atomic E-state index is 0.567. The third-order valence-corrected chi connectivity index (χ3v) is 4.36. The molecule has 4 nitrogen and oxygen atoms in total. The van der Waals surface area contributed by atoms with E-state index in [1.807, 2.05) is 24.4 Å². The average molecular weight is 285 g/mol. The number of hydrogen-bond acceptors (Lipinski definition) is 4. The van der Waals surface area contributed by atoms with Gasteiger partial charge in [0.1, 0.15) is 11.6 Å². The molecule has 0 aliphatic carbocycles. The number of nitrogens with two attached hydrogens (primary N) is 1. The molecule has 1 fully saturated rings. The molecule has 1 aliphatic rings. The molecule has 4 heteroatoms. The standard InChI is InChI=1S/C17H23N3O/c1-21-16-8-2-7-15-14(16)9-11-19-17(15)20-12-4-6-13(20)5-3-10-18/h2,7-9,11,13H,3-6,10,12,18H2,1H3. The lowest BCUT2D eigenvalue weighted by molar-refractivity contribution is 0.420. The predicted molar refractivity (Wildman–Crippen MR) is 87.0 cm³/mol. The van der Waals surface area contributed by atoms with Crippen LogP contribution in [0.25, 0.3) is 10.8 Å². The topological polar surface area (TPSA) is 51.4 Å². The number of ether oxygens (including phenoxy) is 1. The maximum absolute atomic E-state index is 5.67. The van der Waals surface area contributed by atoms with E-state index in [4.69, 9.17) is 10.5 Å². The van der Waals surface area contributed by atoms with E-state index >= 15 is 0 Å². The number of hydrogen-bond donors (Lipinski definition) is 1. The monoisotopic (exact) mass is 285 g/mol. The highest BCUT2D eigenvalue weighted by Crippen LogP contribution is 2.35. The maximum atomic E-state index is 5.67. The Labute approximate surface area is 125 Å². The summed E-state index contributed by atoms with van der Waals surface area (Å²) in [5, 5.41) is 2.31. The Balaban J connectivity index is 2.00. The summed E-state index contributed by atoms with van der Waals surface area (Å²) in [4.78, 5) is 7.12. The molecule has 1 aromatic carbocycles. The Morgan fingerprint density at radius 3 is 3.05 bits per heavy atom. The Hall–Kier alpha value is -1.81. The minimum Gasteiger partial charge on any atom is -0.496 e. The summed E-state index contributed by atoms with van der Waals surface area (Å²) in [6.45, 7) is 1.85. The first kappa shape index (κ1) is 14.1. The molecule has 0 amide bonds. The lowest BCUT2D eigenvalue weighted by atomic mass is 10.1. The van der Waals surface area contributed by atoms with Gasteiger partial charge in [0.25, 0.3) is 0 Å². The van der Waals surface area contributed by atoms with E-state index in [9.17, 15) is 0 Å². The molecule has 2 N–H and O–H groups in total. The van der Waals surface area contributed by atoms with Crippen molar-refractivity contribution in [3.63, 3.8) is 0 Å². The van der Waals surface area contributed by atoms with Gasteiger partial charge in [-0.2, -0.15) is 0 Å². The average Bonchev–Trinajstić information content (AvgIpc) is 2.99. The van der Waals surface area contributed by atoms with Crippen LogP contribution in [0.2, 0.25) is 0 Å². The van der Waals surface area contributed by atoms with Gasteiger partial charge in [0.15, 0.2) is 0 Å². The van der Waals surface area contributed by atoms with E-state index in [0.29, 0.717) is 6.04 Å². The van der Waals surface area contributed by atoms with Crippen molar-refractivity contribution in [2.45, 2.75) is 31.7 Å². The van der Waals surface area contributed by atoms with Gasteiger partial charge >= 0.3 is 0 Å². The fraction of sp³-hybridized carbons (Fsp3) is 0.471. The summed E-state index contributed by atoms with van der Waals surface area (Å²) in [5.41, 5.74) is 5.67. The number of fused-ring (bicyclic) bond motifs is 1. The zero-order chi connectivity index (χ0) is 14.7. The molecular formula is C17H23N3O. The fourth-order valence-electron chi connectivity index (χ4n) is 3.34. The van der Waals surface area contributed by atoms with Gasteiger partial charge in [-0.3, -0.25) is 0 Å². The largest absolute Gasteiger partial charge is 0.496 e. The molecule has 2 aromatic rings. The lowest BCUT2D eigenvalue weighted by Crippen LogP contribution is -2.30. The van der Waals surface area contributed by atoms with Crippen molar-refractivity contribution in [3.05, 3.63) is 30.5 Å². The predicted octanol–water partition coefficient (Wildman–Crippen LogP) is 2.95. The van der Waals surface area contributed by atoms with Crippen molar-refractivity contribution in [2.75, 3.05) is 25.1 Å². The molecule has 2 heterocycles. The van der Waals surface area contributed by atoms with Crippen LogP contribution in [0.15, 0.2) is 30.5 Å². The molecule has 1 aromatic heterocycles. The first-order chi connectivity index (χ1) is 10.3. The second-order valence-corrected chi connectivity index (χ2v) is 5.61. The molecule has 1 unspecified atom stereocenters. The number of rotatable bonds is 5. The van der Waals surface area contributed by atoms with E-state index in [1.165, 1.54) is 18.2 Å². The van der Waals surface area contributed by atoms with Crippen molar-refractivity contribution in [3.8, 4) is 5.75 Å². The number of pyridine rings is 1. The van der Waals surface area contributed by atoms with Gasteiger partial charge in [-0.25, -0.2) is 4.98 Å². The van der Waals surface area contributed by atoms with Crippen LogP contribution >= 0.6 is 0 Å². The van der Waals surface area contributed by atoms with E-state index < -0.39 is 0 Å². The first-order valence-corrected chi connectivity index (χ1v) is 7.73. The normalized spacial score (nSPS) is 18.4. The van der Waals surface area contributed by atoms with Crippen LogP contribution in [0.4, 0.5) is 5.82 Å². The summed E-state index contributed by atoms with van der Waals surface area (Å²) in [6.07, 6.45) is 6.59. The van der Waals surface area contributed by atoms with Crippen LogP contribution in [0, 0.1) is 0 Å². The van der Waals surface area contributed by atoms with Crippen LogP contribution in [-0.2, 0) is 0 Å². The smallest absolute Gasteiger partial charge is 0.136 e. The van der Waals surface area contributed by atoms with Gasteiger partial charge in [-0.15, -0.1) is 0 Å². The van der Waals surface area contributed by atoms with Gasteiger partial charge in [-0.1, -0.05) is 12.1 Å². The summed E-state index contributed by atoms with van der Waals surface area (Å²) in [5.74, 6) is 2.00. The molecule has 21 heavy (non-hydrogen) atoms. The fourth-order valence-corrected chi connectivity index (χ4v) is 3.34. The van der Waals surface area contributed by atoms with Crippen LogP contribution in [0.1, 0.15) is 25.7 Å². The third kappa shape index (κ3) is 2.68. The number of aromatic nitrogens is 1. The van der Waals surface area contributed by atoms with Crippen LogP contribution in [-0.4, -0.2) is 31.2 Å². The number of benzene rings is 1. The first-order valence-electron chi connectivity index (χ1n) is 7.73. The molecule has 1 aliphatic heterocycles. The van der Waals surface area contributed by atoms with E-state index in [2.05, 4.69) is 16.0 Å². The lowest BCUT2D eigenvalue weighted by Gasteiger charge is -2.27. The molecule has 0 radical (unpaired) electrons. The Kier molecular flexibility index (Phi) is 4.25.